The lowest BCUT2D eigenvalue weighted by Gasteiger charge is -2.05. The first-order valence-corrected chi connectivity index (χ1v) is 10.2. The summed E-state index contributed by atoms with van der Waals surface area (Å²) in [4.78, 5) is 16.7. The fourth-order valence-electron chi connectivity index (χ4n) is 2.68. The van der Waals surface area contributed by atoms with E-state index in [0.717, 1.165) is 26.9 Å². The molecule has 0 atom stereocenters. The molecule has 0 radical (unpaired) electrons. The standard InChI is InChI=1S/C18H18N6OS2/c1-23-9-5-6-12(23)10-15-21-22-18(24(15)2)26-11-16(25)20-17-19-13-7-3-4-8-14(13)27-17/h3-9H,10-11H2,1-2H3,(H,19,20,25). The number of amides is 1. The Kier molecular flexibility index (Phi) is 4.95. The minimum absolute atomic E-state index is 0.106. The Morgan fingerprint density at radius 1 is 1.19 bits per heavy atom. The predicted octanol–water partition coefficient (Wildman–Crippen LogP) is 3.08. The van der Waals surface area contributed by atoms with Gasteiger partial charge in [0.25, 0.3) is 0 Å². The van der Waals surface area contributed by atoms with Crippen molar-refractivity contribution in [2.24, 2.45) is 14.1 Å². The van der Waals surface area contributed by atoms with Gasteiger partial charge in [0.1, 0.15) is 5.82 Å². The number of nitrogens with zero attached hydrogens (tertiary/aromatic N) is 5. The molecule has 7 nitrogen and oxygen atoms in total. The lowest BCUT2D eigenvalue weighted by atomic mass is 10.3. The van der Waals surface area contributed by atoms with Crippen LogP contribution in [0.25, 0.3) is 10.2 Å². The summed E-state index contributed by atoms with van der Waals surface area (Å²) in [5.41, 5.74) is 2.06. The Balaban J connectivity index is 1.37. The number of fused-ring (bicyclic) bond motifs is 1. The molecule has 3 heterocycles. The van der Waals surface area contributed by atoms with Crippen LogP contribution in [0.1, 0.15) is 11.5 Å². The van der Waals surface area contributed by atoms with E-state index in [1.165, 1.54) is 23.1 Å². The van der Waals surface area contributed by atoms with Crippen LogP contribution in [-0.4, -0.2) is 36.0 Å². The van der Waals surface area contributed by atoms with Gasteiger partial charge in [-0.3, -0.25) is 4.79 Å². The summed E-state index contributed by atoms with van der Waals surface area (Å²) in [7, 11) is 3.93. The number of aryl methyl sites for hydroxylation is 1. The van der Waals surface area contributed by atoms with Crippen LogP contribution in [0.15, 0.2) is 47.8 Å². The summed E-state index contributed by atoms with van der Waals surface area (Å²) < 4.78 is 5.05. The molecule has 4 aromatic rings. The van der Waals surface area contributed by atoms with E-state index in [9.17, 15) is 4.79 Å². The number of anilines is 1. The molecule has 0 fully saturated rings. The fourth-order valence-corrected chi connectivity index (χ4v) is 4.29. The molecule has 0 spiro atoms. The van der Waals surface area contributed by atoms with Crippen LogP contribution in [0, 0.1) is 0 Å². The van der Waals surface area contributed by atoms with Crippen molar-refractivity contribution >= 4 is 44.4 Å². The number of hydrogen-bond donors (Lipinski definition) is 1. The number of thioether (sulfide) groups is 1. The smallest absolute Gasteiger partial charge is 0.236 e. The second-order valence-corrected chi connectivity index (χ2v) is 8.04. The molecule has 4 rings (SSSR count). The molecule has 0 unspecified atom stereocenters. The quantitative estimate of drug-likeness (QED) is 0.505. The van der Waals surface area contributed by atoms with Crippen molar-refractivity contribution < 1.29 is 4.79 Å². The Bertz CT molecular complexity index is 1060. The van der Waals surface area contributed by atoms with E-state index >= 15 is 0 Å². The highest BCUT2D eigenvalue weighted by atomic mass is 32.2. The molecule has 0 aliphatic heterocycles. The van der Waals surface area contributed by atoms with E-state index in [4.69, 9.17) is 0 Å². The maximum Gasteiger partial charge on any atom is 0.236 e. The summed E-state index contributed by atoms with van der Waals surface area (Å²) >= 11 is 2.84. The topological polar surface area (TPSA) is 77.6 Å². The third kappa shape index (κ3) is 3.88. The van der Waals surface area contributed by atoms with E-state index in [1.807, 2.05) is 55.2 Å². The van der Waals surface area contributed by atoms with Gasteiger partial charge in [0.05, 0.1) is 16.0 Å². The Hall–Kier alpha value is -2.65. The molecule has 0 saturated carbocycles. The van der Waals surface area contributed by atoms with Crippen molar-refractivity contribution in [2.45, 2.75) is 11.6 Å². The molecule has 0 aliphatic rings. The highest BCUT2D eigenvalue weighted by Gasteiger charge is 2.14. The number of carbonyl (C=O) groups is 1. The monoisotopic (exact) mass is 398 g/mol. The molecule has 27 heavy (non-hydrogen) atoms. The Labute approximate surface area is 164 Å². The zero-order valence-corrected chi connectivity index (χ0v) is 16.5. The Morgan fingerprint density at radius 3 is 2.81 bits per heavy atom. The molecule has 1 aromatic carbocycles. The van der Waals surface area contributed by atoms with E-state index < -0.39 is 0 Å². The van der Waals surface area contributed by atoms with Gasteiger partial charge in [-0.25, -0.2) is 4.98 Å². The van der Waals surface area contributed by atoms with Gasteiger partial charge in [0.15, 0.2) is 10.3 Å². The minimum Gasteiger partial charge on any atom is -0.354 e. The molecule has 9 heteroatoms. The van der Waals surface area contributed by atoms with Gasteiger partial charge in [0.2, 0.25) is 5.91 Å². The van der Waals surface area contributed by atoms with Crippen LogP contribution < -0.4 is 5.32 Å². The van der Waals surface area contributed by atoms with Crippen molar-refractivity contribution in [2.75, 3.05) is 11.1 Å². The third-order valence-electron chi connectivity index (χ3n) is 4.19. The van der Waals surface area contributed by atoms with Gasteiger partial charge < -0.3 is 14.5 Å². The maximum absolute atomic E-state index is 12.3. The number of benzene rings is 1. The summed E-state index contributed by atoms with van der Waals surface area (Å²) in [6.45, 7) is 0. The van der Waals surface area contributed by atoms with Gasteiger partial charge in [-0.05, 0) is 24.3 Å². The van der Waals surface area contributed by atoms with Crippen LogP contribution in [0.4, 0.5) is 5.13 Å². The largest absolute Gasteiger partial charge is 0.354 e. The zero-order chi connectivity index (χ0) is 18.8. The first-order valence-electron chi connectivity index (χ1n) is 8.37. The van der Waals surface area contributed by atoms with Crippen molar-refractivity contribution in [1.29, 1.82) is 0 Å². The molecule has 0 aliphatic carbocycles. The summed E-state index contributed by atoms with van der Waals surface area (Å²) in [6, 6.07) is 11.9. The van der Waals surface area contributed by atoms with Crippen LogP contribution >= 0.6 is 23.1 Å². The van der Waals surface area contributed by atoms with Crippen LogP contribution in [0.2, 0.25) is 0 Å². The van der Waals surface area contributed by atoms with E-state index in [-0.39, 0.29) is 11.7 Å². The number of hydrogen-bond acceptors (Lipinski definition) is 6. The van der Waals surface area contributed by atoms with Crippen LogP contribution in [-0.2, 0) is 25.3 Å². The third-order valence-corrected chi connectivity index (χ3v) is 6.16. The Morgan fingerprint density at radius 2 is 2.04 bits per heavy atom. The van der Waals surface area contributed by atoms with Crippen molar-refractivity contribution in [3.05, 3.63) is 54.1 Å². The first-order chi connectivity index (χ1) is 13.1. The maximum atomic E-state index is 12.3. The summed E-state index contributed by atoms with van der Waals surface area (Å²) in [5.74, 6) is 1.02. The zero-order valence-electron chi connectivity index (χ0n) is 14.9. The summed E-state index contributed by atoms with van der Waals surface area (Å²) in [5, 5.41) is 12.7. The van der Waals surface area contributed by atoms with Crippen LogP contribution in [0.5, 0.6) is 0 Å². The van der Waals surface area contributed by atoms with E-state index in [2.05, 4.69) is 31.1 Å². The SMILES string of the molecule is Cn1cccc1Cc1nnc(SCC(=O)Nc2nc3ccccc3s2)n1C. The number of carbonyl (C=O) groups excluding carboxylic acids is 1. The number of para-hydroxylation sites is 1. The molecule has 1 amide bonds. The highest BCUT2D eigenvalue weighted by molar-refractivity contribution is 7.99. The number of nitrogens with one attached hydrogen (secondary N) is 1. The fraction of sp³-hybridized carbons (Fsp3) is 0.222. The van der Waals surface area contributed by atoms with Gasteiger partial charge in [-0.15, -0.1) is 10.2 Å². The van der Waals surface area contributed by atoms with Crippen molar-refractivity contribution in [3.8, 4) is 0 Å². The second kappa shape index (κ2) is 7.53. The first kappa shape index (κ1) is 17.7. The number of aromatic nitrogens is 5. The number of thiazole rings is 1. The van der Waals surface area contributed by atoms with E-state index in [1.54, 1.807) is 0 Å². The molecule has 0 saturated heterocycles. The molecule has 1 N–H and O–H groups in total. The van der Waals surface area contributed by atoms with Gasteiger partial charge in [-0.2, -0.15) is 0 Å². The van der Waals surface area contributed by atoms with Crippen molar-refractivity contribution in [1.82, 2.24) is 24.3 Å². The lowest BCUT2D eigenvalue weighted by molar-refractivity contribution is -0.113. The minimum atomic E-state index is -0.106. The summed E-state index contributed by atoms with van der Waals surface area (Å²) in [6.07, 6.45) is 2.71. The molecular weight excluding hydrogens is 380 g/mol. The molecule has 0 bridgehead atoms. The van der Waals surface area contributed by atoms with Crippen LogP contribution in [0.3, 0.4) is 0 Å². The van der Waals surface area contributed by atoms with Gasteiger partial charge in [0, 0.05) is 32.4 Å². The second-order valence-electron chi connectivity index (χ2n) is 6.07. The molecule has 138 valence electrons. The van der Waals surface area contributed by atoms with Gasteiger partial charge in [-0.1, -0.05) is 35.2 Å². The number of rotatable bonds is 6. The lowest BCUT2D eigenvalue weighted by Crippen LogP contribution is -2.14. The predicted molar refractivity (Wildman–Crippen MR) is 108 cm³/mol. The van der Waals surface area contributed by atoms with Gasteiger partial charge >= 0.3 is 0 Å². The average Bonchev–Trinajstić information content (AvgIpc) is 3.34. The molecule has 3 aromatic heterocycles. The van der Waals surface area contributed by atoms with E-state index in [0.29, 0.717) is 11.6 Å². The normalized spacial score (nSPS) is 11.2. The highest BCUT2D eigenvalue weighted by Crippen LogP contribution is 2.26. The van der Waals surface area contributed by atoms with Crippen molar-refractivity contribution in [3.63, 3.8) is 0 Å². The molecular formula is C18H18N6OS2. The average molecular weight is 399 g/mol.